The topological polar surface area (TPSA) is 52.5 Å². The number of halogens is 1. The van der Waals surface area contributed by atoms with Crippen LogP contribution in [0, 0.1) is 10.7 Å². The van der Waals surface area contributed by atoms with Gasteiger partial charge in [0.2, 0.25) is 0 Å². The fraction of sp³-hybridized carbons (Fsp3) is 0. The van der Waals surface area contributed by atoms with E-state index in [1.165, 1.54) is 0 Å². The number of nitriles is 1. The lowest BCUT2D eigenvalue weighted by molar-refractivity contribution is 1.09. The number of H-pyrrole nitrogens is 1. The van der Waals surface area contributed by atoms with Gasteiger partial charge in [0.25, 0.3) is 0 Å². The van der Waals surface area contributed by atoms with Gasteiger partial charge in [-0.2, -0.15) is 5.26 Å². The quantitative estimate of drug-likeness (QED) is 0.581. The van der Waals surface area contributed by atoms with E-state index in [1.54, 1.807) is 12.1 Å². The average Bonchev–Trinajstić information content (AvgIpc) is 2.46. The SMILES string of the molecule is N#CSc1nc2ccc(Cl)cc2[nH]1. The Morgan fingerprint density at radius 1 is 1.54 bits per heavy atom. The second kappa shape index (κ2) is 3.29. The lowest BCUT2D eigenvalue weighted by atomic mass is 10.3. The van der Waals surface area contributed by atoms with Crippen molar-refractivity contribution in [3.8, 4) is 5.40 Å². The Morgan fingerprint density at radius 2 is 2.38 bits per heavy atom. The summed E-state index contributed by atoms with van der Waals surface area (Å²) in [7, 11) is 0. The van der Waals surface area contributed by atoms with Crippen molar-refractivity contribution in [2.75, 3.05) is 0 Å². The van der Waals surface area contributed by atoms with Crippen LogP contribution in [0.3, 0.4) is 0 Å². The summed E-state index contributed by atoms with van der Waals surface area (Å²) >= 11 is 6.79. The van der Waals surface area contributed by atoms with E-state index in [4.69, 9.17) is 16.9 Å². The molecule has 1 aromatic heterocycles. The molecular weight excluding hydrogens is 206 g/mol. The molecule has 0 bridgehead atoms. The number of nitrogens with one attached hydrogen (secondary N) is 1. The molecule has 2 aromatic rings. The summed E-state index contributed by atoms with van der Waals surface area (Å²) in [5.74, 6) is 0. The molecule has 0 aliphatic rings. The van der Waals surface area contributed by atoms with E-state index in [9.17, 15) is 0 Å². The van der Waals surface area contributed by atoms with Gasteiger partial charge in [-0.25, -0.2) is 4.98 Å². The number of aromatic amines is 1. The van der Waals surface area contributed by atoms with E-state index < -0.39 is 0 Å². The first-order valence-electron chi connectivity index (χ1n) is 3.51. The zero-order chi connectivity index (χ0) is 9.26. The molecule has 0 saturated heterocycles. The predicted molar refractivity (Wildman–Crippen MR) is 52.6 cm³/mol. The Hall–Kier alpha value is -1.18. The highest BCUT2D eigenvalue weighted by Crippen LogP contribution is 2.21. The van der Waals surface area contributed by atoms with Gasteiger partial charge >= 0.3 is 0 Å². The Bertz CT molecular complexity index is 486. The zero-order valence-electron chi connectivity index (χ0n) is 6.41. The number of benzene rings is 1. The van der Waals surface area contributed by atoms with Crippen LogP contribution in [0.25, 0.3) is 11.0 Å². The van der Waals surface area contributed by atoms with Crippen molar-refractivity contribution in [1.29, 1.82) is 5.26 Å². The number of thiocyanates is 1. The van der Waals surface area contributed by atoms with Crippen molar-refractivity contribution in [3.05, 3.63) is 23.2 Å². The second-order valence-corrected chi connectivity index (χ2v) is 3.61. The number of thioether (sulfide) groups is 1. The van der Waals surface area contributed by atoms with E-state index in [0.29, 0.717) is 10.2 Å². The minimum atomic E-state index is 0.597. The van der Waals surface area contributed by atoms with Gasteiger partial charge in [-0.1, -0.05) is 11.6 Å². The molecule has 0 aliphatic heterocycles. The van der Waals surface area contributed by atoms with Crippen LogP contribution in [-0.2, 0) is 0 Å². The van der Waals surface area contributed by atoms with Crippen LogP contribution in [0.1, 0.15) is 0 Å². The van der Waals surface area contributed by atoms with E-state index in [1.807, 2.05) is 11.5 Å². The summed E-state index contributed by atoms with van der Waals surface area (Å²) < 4.78 is 0. The largest absolute Gasteiger partial charge is 0.332 e. The summed E-state index contributed by atoms with van der Waals surface area (Å²) in [4.78, 5) is 7.15. The van der Waals surface area contributed by atoms with Gasteiger partial charge < -0.3 is 4.98 Å². The summed E-state index contributed by atoms with van der Waals surface area (Å²) in [6, 6.07) is 5.37. The van der Waals surface area contributed by atoms with Gasteiger partial charge in [-0.15, -0.1) is 0 Å². The molecule has 0 amide bonds. The van der Waals surface area contributed by atoms with Crippen molar-refractivity contribution < 1.29 is 0 Å². The maximum atomic E-state index is 8.43. The highest BCUT2D eigenvalue weighted by Gasteiger charge is 2.02. The highest BCUT2D eigenvalue weighted by molar-refractivity contribution is 8.03. The predicted octanol–water partition coefficient (Wildman–Crippen LogP) is 2.79. The molecule has 0 spiro atoms. The molecule has 5 heteroatoms. The number of hydrogen-bond donors (Lipinski definition) is 1. The van der Waals surface area contributed by atoms with Crippen molar-refractivity contribution in [2.45, 2.75) is 5.16 Å². The van der Waals surface area contributed by atoms with Gasteiger partial charge in [0.05, 0.1) is 11.0 Å². The Kier molecular flexibility index (Phi) is 2.13. The lowest BCUT2D eigenvalue weighted by Crippen LogP contribution is -1.67. The van der Waals surface area contributed by atoms with Gasteiger partial charge in [0.15, 0.2) is 5.16 Å². The summed E-state index contributed by atoms with van der Waals surface area (Å²) in [5, 5.41) is 11.6. The normalized spacial score (nSPS) is 10.2. The van der Waals surface area contributed by atoms with Crippen molar-refractivity contribution in [1.82, 2.24) is 9.97 Å². The molecule has 13 heavy (non-hydrogen) atoms. The van der Waals surface area contributed by atoms with Crippen LogP contribution in [-0.4, -0.2) is 9.97 Å². The first-order chi connectivity index (χ1) is 6.29. The van der Waals surface area contributed by atoms with Gasteiger partial charge in [-0.3, -0.25) is 0 Å². The third-order valence-electron chi connectivity index (χ3n) is 1.56. The molecule has 1 aromatic carbocycles. The Balaban J connectivity index is 2.57. The number of imidazole rings is 1. The van der Waals surface area contributed by atoms with Crippen LogP contribution < -0.4 is 0 Å². The molecule has 2 rings (SSSR count). The molecule has 0 fully saturated rings. The highest BCUT2D eigenvalue weighted by atomic mass is 35.5. The second-order valence-electron chi connectivity index (χ2n) is 2.40. The number of aromatic nitrogens is 2. The molecule has 0 radical (unpaired) electrons. The Labute approximate surface area is 83.7 Å². The summed E-state index contributed by atoms with van der Waals surface area (Å²) in [6.07, 6.45) is 0. The molecule has 3 nitrogen and oxygen atoms in total. The number of fused-ring (bicyclic) bond motifs is 1. The number of hydrogen-bond acceptors (Lipinski definition) is 3. The van der Waals surface area contributed by atoms with Crippen LogP contribution in [0.15, 0.2) is 23.4 Å². The van der Waals surface area contributed by atoms with Crippen LogP contribution in [0.4, 0.5) is 0 Å². The van der Waals surface area contributed by atoms with Crippen molar-refractivity contribution in [3.63, 3.8) is 0 Å². The van der Waals surface area contributed by atoms with Crippen LogP contribution in [0.5, 0.6) is 0 Å². The van der Waals surface area contributed by atoms with Gasteiger partial charge in [-0.05, 0) is 18.2 Å². The third kappa shape index (κ3) is 1.62. The molecule has 0 unspecified atom stereocenters. The van der Waals surface area contributed by atoms with Crippen molar-refractivity contribution >= 4 is 34.4 Å². The smallest absolute Gasteiger partial charge is 0.181 e. The van der Waals surface area contributed by atoms with E-state index >= 15 is 0 Å². The standard InChI is InChI=1S/C8H4ClN3S/c9-5-1-2-6-7(3-5)12-8(11-6)13-4-10/h1-3H,(H,11,12). The minimum absolute atomic E-state index is 0.597. The minimum Gasteiger partial charge on any atom is -0.332 e. The molecular formula is C8H4ClN3S. The molecule has 0 atom stereocenters. The maximum Gasteiger partial charge on any atom is 0.181 e. The van der Waals surface area contributed by atoms with Crippen LogP contribution >= 0.6 is 23.4 Å². The third-order valence-corrected chi connectivity index (χ3v) is 2.28. The molecule has 1 N–H and O–H groups in total. The number of rotatable bonds is 1. The van der Waals surface area contributed by atoms with Crippen LogP contribution in [0.2, 0.25) is 5.02 Å². The van der Waals surface area contributed by atoms with Crippen molar-refractivity contribution in [2.24, 2.45) is 0 Å². The Morgan fingerprint density at radius 3 is 3.15 bits per heavy atom. The van der Waals surface area contributed by atoms with Gasteiger partial charge in [0.1, 0.15) is 5.40 Å². The molecule has 0 saturated carbocycles. The summed E-state index contributed by atoms with van der Waals surface area (Å²) in [5.41, 5.74) is 1.67. The fourth-order valence-corrected chi connectivity index (χ4v) is 1.61. The van der Waals surface area contributed by atoms with Gasteiger partial charge in [0, 0.05) is 16.8 Å². The lowest BCUT2D eigenvalue weighted by Gasteiger charge is -1.87. The van der Waals surface area contributed by atoms with E-state index in [-0.39, 0.29) is 0 Å². The average molecular weight is 210 g/mol. The number of nitrogens with zero attached hydrogens (tertiary/aromatic N) is 2. The molecule has 0 aliphatic carbocycles. The van der Waals surface area contributed by atoms with E-state index in [0.717, 1.165) is 22.8 Å². The maximum absolute atomic E-state index is 8.43. The monoisotopic (exact) mass is 209 g/mol. The molecule has 1 heterocycles. The first kappa shape index (κ1) is 8.42. The molecule has 64 valence electrons. The fourth-order valence-electron chi connectivity index (χ4n) is 1.05. The summed E-state index contributed by atoms with van der Waals surface area (Å²) in [6.45, 7) is 0. The zero-order valence-corrected chi connectivity index (χ0v) is 7.99. The first-order valence-corrected chi connectivity index (χ1v) is 4.70. The van der Waals surface area contributed by atoms with E-state index in [2.05, 4.69) is 9.97 Å².